The van der Waals surface area contributed by atoms with Gasteiger partial charge in [0.15, 0.2) is 0 Å². The number of aromatic nitrogens is 3. The van der Waals surface area contributed by atoms with Crippen molar-refractivity contribution in [3.05, 3.63) is 64.6 Å². The van der Waals surface area contributed by atoms with E-state index in [1.165, 1.54) is 11.3 Å². The summed E-state index contributed by atoms with van der Waals surface area (Å²) in [6, 6.07) is 5.53. The Morgan fingerprint density at radius 3 is 3.13 bits per heavy atom. The zero-order valence-corrected chi connectivity index (χ0v) is 13.4. The second-order valence-corrected chi connectivity index (χ2v) is 6.40. The van der Waals surface area contributed by atoms with Gasteiger partial charge in [0.05, 0.1) is 22.8 Å². The van der Waals surface area contributed by atoms with Gasteiger partial charge in [-0.15, -0.1) is 11.3 Å². The third-order valence-corrected chi connectivity index (χ3v) is 4.70. The van der Waals surface area contributed by atoms with Gasteiger partial charge in [-0.05, 0) is 18.2 Å². The van der Waals surface area contributed by atoms with Crippen molar-refractivity contribution in [2.45, 2.75) is 6.54 Å². The third kappa shape index (κ3) is 2.67. The van der Waals surface area contributed by atoms with Crippen LogP contribution in [0.1, 0.15) is 16.1 Å². The molecule has 0 saturated carbocycles. The summed E-state index contributed by atoms with van der Waals surface area (Å²) in [5.41, 5.74) is 2.21. The maximum absolute atomic E-state index is 12.4. The molecule has 0 atom stereocenters. The van der Waals surface area contributed by atoms with Gasteiger partial charge in [-0.1, -0.05) is 11.6 Å². The normalized spacial score (nSPS) is 11.2. The zero-order valence-electron chi connectivity index (χ0n) is 11.9. The van der Waals surface area contributed by atoms with E-state index in [9.17, 15) is 4.79 Å². The van der Waals surface area contributed by atoms with Crippen LogP contribution in [0.2, 0.25) is 5.02 Å². The van der Waals surface area contributed by atoms with Crippen molar-refractivity contribution in [1.29, 1.82) is 0 Å². The molecular weight excluding hydrogens is 332 g/mol. The molecule has 23 heavy (non-hydrogen) atoms. The van der Waals surface area contributed by atoms with E-state index >= 15 is 0 Å². The number of carbonyl (C=O) groups excluding carboxylic acids is 1. The van der Waals surface area contributed by atoms with Crippen LogP contribution in [0.4, 0.5) is 0 Å². The molecule has 0 aliphatic heterocycles. The molecule has 0 fully saturated rings. The van der Waals surface area contributed by atoms with E-state index in [4.69, 9.17) is 11.6 Å². The molecule has 7 heteroatoms. The molecule has 0 spiro atoms. The summed E-state index contributed by atoms with van der Waals surface area (Å²) in [7, 11) is 0. The number of nitrogens with one attached hydrogen (secondary N) is 1. The van der Waals surface area contributed by atoms with Gasteiger partial charge in [0.2, 0.25) is 0 Å². The van der Waals surface area contributed by atoms with Crippen molar-refractivity contribution in [2.75, 3.05) is 0 Å². The molecule has 114 valence electrons. The minimum Gasteiger partial charge on any atom is -0.346 e. The zero-order chi connectivity index (χ0) is 15.8. The van der Waals surface area contributed by atoms with Gasteiger partial charge in [-0.25, -0.2) is 4.98 Å². The monoisotopic (exact) mass is 342 g/mol. The summed E-state index contributed by atoms with van der Waals surface area (Å²) in [6.45, 7) is 0.357. The smallest absolute Gasteiger partial charge is 0.253 e. The van der Waals surface area contributed by atoms with E-state index in [2.05, 4.69) is 15.3 Å². The lowest BCUT2D eigenvalue weighted by Crippen LogP contribution is -2.22. The summed E-state index contributed by atoms with van der Waals surface area (Å²) < 4.78 is 2.89. The molecular formula is C16H11ClN4OS. The lowest BCUT2D eigenvalue weighted by molar-refractivity contribution is 0.0952. The number of halogens is 1. The Hall–Kier alpha value is -2.44. The van der Waals surface area contributed by atoms with Crippen molar-refractivity contribution in [3.8, 4) is 0 Å². The molecule has 4 aromatic heterocycles. The summed E-state index contributed by atoms with van der Waals surface area (Å²) >= 11 is 7.49. The van der Waals surface area contributed by atoms with Gasteiger partial charge in [0.1, 0.15) is 5.65 Å². The van der Waals surface area contributed by atoms with Crippen LogP contribution in [0.25, 0.3) is 15.7 Å². The first-order valence-corrected chi connectivity index (χ1v) is 8.19. The molecule has 4 rings (SSSR count). The highest BCUT2D eigenvalue weighted by molar-refractivity contribution is 7.17. The Kier molecular flexibility index (Phi) is 3.48. The fraction of sp³-hybridized carbons (Fsp3) is 0.0625. The number of hydrogen-bond donors (Lipinski definition) is 1. The average Bonchev–Trinajstić information content (AvgIpc) is 3.15. The van der Waals surface area contributed by atoms with Crippen LogP contribution < -0.4 is 5.32 Å². The lowest BCUT2D eigenvalue weighted by atomic mass is 10.2. The largest absolute Gasteiger partial charge is 0.346 e. The van der Waals surface area contributed by atoms with Crippen LogP contribution in [0.3, 0.4) is 0 Å². The first-order chi connectivity index (χ1) is 11.2. The van der Waals surface area contributed by atoms with E-state index in [0.29, 0.717) is 17.1 Å². The maximum atomic E-state index is 12.4. The van der Waals surface area contributed by atoms with Crippen LogP contribution >= 0.6 is 22.9 Å². The van der Waals surface area contributed by atoms with Crippen LogP contribution in [-0.4, -0.2) is 20.3 Å². The fourth-order valence-electron chi connectivity index (χ4n) is 2.42. The van der Waals surface area contributed by atoms with Gasteiger partial charge in [0.25, 0.3) is 5.91 Å². The first kappa shape index (κ1) is 14.2. The molecule has 0 aromatic carbocycles. The standard InChI is InChI=1S/C16H11ClN4OS/c17-10-1-2-15-20-11(8-21(15)7-10)5-19-16(22)13-9-23-14-3-4-18-6-12(13)14/h1-4,6-9H,5H2,(H,19,22). The minimum atomic E-state index is -0.126. The molecule has 5 nitrogen and oxygen atoms in total. The molecule has 0 aliphatic rings. The van der Waals surface area contributed by atoms with E-state index in [1.54, 1.807) is 24.7 Å². The second-order valence-electron chi connectivity index (χ2n) is 5.05. The van der Waals surface area contributed by atoms with Crippen LogP contribution in [0.15, 0.2) is 48.4 Å². The predicted octanol–water partition coefficient (Wildman–Crippen LogP) is 3.53. The Morgan fingerprint density at radius 1 is 1.30 bits per heavy atom. The van der Waals surface area contributed by atoms with Gasteiger partial charge in [-0.2, -0.15) is 0 Å². The van der Waals surface area contributed by atoms with Crippen molar-refractivity contribution >= 4 is 44.6 Å². The van der Waals surface area contributed by atoms with Crippen LogP contribution in [0, 0.1) is 0 Å². The molecule has 0 unspecified atom stereocenters. The minimum absolute atomic E-state index is 0.126. The van der Waals surface area contributed by atoms with Crippen LogP contribution in [-0.2, 0) is 6.54 Å². The molecule has 0 radical (unpaired) electrons. The Labute approximate surface area is 140 Å². The predicted molar refractivity (Wildman–Crippen MR) is 91.0 cm³/mol. The summed E-state index contributed by atoms with van der Waals surface area (Å²) in [6.07, 6.45) is 7.08. The number of amides is 1. The number of fused-ring (bicyclic) bond motifs is 2. The highest BCUT2D eigenvalue weighted by atomic mass is 35.5. The highest BCUT2D eigenvalue weighted by Crippen LogP contribution is 2.24. The number of pyridine rings is 2. The number of imidazole rings is 1. The van der Waals surface area contributed by atoms with E-state index in [0.717, 1.165) is 21.4 Å². The van der Waals surface area contributed by atoms with Crippen LogP contribution in [0.5, 0.6) is 0 Å². The van der Waals surface area contributed by atoms with Gasteiger partial charge >= 0.3 is 0 Å². The first-order valence-electron chi connectivity index (χ1n) is 6.93. The third-order valence-electron chi connectivity index (χ3n) is 3.51. The summed E-state index contributed by atoms with van der Waals surface area (Å²) in [4.78, 5) is 20.9. The molecule has 0 aliphatic carbocycles. The van der Waals surface area contributed by atoms with Crippen molar-refractivity contribution < 1.29 is 4.79 Å². The Bertz CT molecular complexity index is 1020. The molecule has 0 saturated heterocycles. The number of rotatable bonds is 3. The lowest BCUT2D eigenvalue weighted by Gasteiger charge is -2.01. The Balaban J connectivity index is 1.54. The van der Waals surface area contributed by atoms with Gasteiger partial charge < -0.3 is 9.72 Å². The number of hydrogen-bond acceptors (Lipinski definition) is 4. The number of carbonyl (C=O) groups is 1. The SMILES string of the molecule is O=C(NCc1cn2cc(Cl)ccc2n1)c1csc2ccncc12. The van der Waals surface area contributed by atoms with Gasteiger partial charge in [0, 0.05) is 40.3 Å². The van der Waals surface area contributed by atoms with Crippen molar-refractivity contribution in [3.63, 3.8) is 0 Å². The molecule has 4 aromatic rings. The number of nitrogens with zero attached hydrogens (tertiary/aromatic N) is 3. The summed E-state index contributed by atoms with van der Waals surface area (Å²) in [5.74, 6) is -0.126. The molecule has 0 bridgehead atoms. The fourth-order valence-corrected chi connectivity index (χ4v) is 3.49. The van der Waals surface area contributed by atoms with E-state index < -0.39 is 0 Å². The highest BCUT2D eigenvalue weighted by Gasteiger charge is 2.12. The second kappa shape index (κ2) is 5.64. The number of thiophene rings is 1. The molecule has 1 N–H and O–H groups in total. The van der Waals surface area contributed by atoms with Gasteiger partial charge in [-0.3, -0.25) is 9.78 Å². The maximum Gasteiger partial charge on any atom is 0.253 e. The molecule has 4 heterocycles. The van der Waals surface area contributed by atoms with Crippen molar-refractivity contribution in [1.82, 2.24) is 19.7 Å². The van der Waals surface area contributed by atoms with E-state index in [-0.39, 0.29) is 5.91 Å². The summed E-state index contributed by atoms with van der Waals surface area (Å²) in [5, 5.41) is 6.27. The van der Waals surface area contributed by atoms with Crippen molar-refractivity contribution in [2.24, 2.45) is 0 Å². The average molecular weight is 343 g/mol. The molecule has 1 amide bonds. The van der Waals surface area contributed by atoms with E-state index in [1.807, 2.05) is 28.1 Å². The Morgan fingerprint density at radius 2 is 2.22 bits per heavy atom. The topological polar surface area (TPSA) is 59.3 Å². The quantitative estimate of drug-likeness (QED) is 0.619.